The lowest BCUT2D eigenvalue weighted by Gasteiger charge is -2.14. The summed E-state index contributed by atoms with van der Waals surface area (Å²) in [5.74, 6) is 1.26. The monoisotopic (exact) mass is 323 g/mol. The summed E-state index contributed by atoms with van der Waals surface area (Å²) < 4.78 is 0. The number of nitrogens with zero attached hydrogens (tertiary/aromatic N) is 1. The highest BCUT2D eigenvalue weighted by atomic mass is 35.5. The Morgan fingerprint density at radius 1 is 1.05 bits per heavy atom. The van der Waals surface area contributed by atoms with Gasteiger partial charge in [0.1, 0.15) is 5.82 Å². The van der Waals surface area contributed by atoms with Crippen LogP contribution < -0.4 is 10.6 Å². The summed E-state index contributed by atoms with van der Waals surface area (Å²) in [6.45, 7) is 5.03. The molecule has 1 heterocycles. The number of aromatic nitrogens is 1. The van der Waals surface area contributed by atoms with Crippen LogP contribution in [0.1, 0.15) is 25.8 Å². The van der Waals surface area contributed by atoms with Gasteiger partial charge in [0.2, 0.25) is 0 Å². The van der Waals surface area contributed by atoms with Gasteiger partial charge < -0.3 is 10.6 Å². The molecular formula is C16H19Cl2N3. The van der Waals surface area contributed by atoms with Crippen LogP contribution in [0.2, 0.25) is 10.0 Å². The number of halogens is 2. The van der Waals surface area contributed by atoms with E-state index in [9.17, 15) is 0 Å². The highest BCUT2D eigenvalue weighted by molar-refractivity contribution is 6.37. The van der Waals surface area contributed by atoms with Gasteiger partial charge in [0, 0.05) is 12.2 Å². The molecule has 0 saturated heterocycles. The van der Waals surface area contributed by atoms with Gasteiger partial charge in [-0.15, -0.1) is 0 Å². The fourth-order valence-corrected chi connectivity index (χ4v) is 2.47. The molecule has 0 bridgehead atoms. The minimum Gasteiger partial charge on any atom is -0.369 e. The summed E-state index contributed by atoms with van der Waals surface area (Å²) in [5, 5.41) is 7.53. The first-order valence-electron chi connectivity index (χ1n) is 7.10. The summed E-state index contributed by atoms with van der Waals surface area (Å²) in [4.78, 5) is 4.49. The third kappa shape index (κ3) is 4.02. The van der Waals surface area contributed by atoms with Crippen molar-refractivity contribution in [2.45, 2.75) is 26.7 Å². The molecule has 0 fully saturated rings. The van der Waals surface area contributed by atoms with E-state index in [1.165, 1.54) is 5.56 Å². The van der Waals surface area contributed by atoms with E-state index < -0.39 is 0 Å². The van der Waals surface area contributed by atoms with Crippen molar-refractivity contribution in [3.8, 4) is 0 Å². The van der Waals surface area contributed by atoms with E-state index in [-0.39, 0.29) is 0 Å². The zero-order valence-corrected chi connectivity index (χ0v) is 13.7. The van der Waals surface area contributed by atoms with E-state index in [0.717, 1.165) is 25.1 Å². The molecule has 1 aromatic heterocycles. The Balaban J connectivity index is 2.30. The van der Waals surface area contributed by atoms with Crippen LogP contribution in [0.3, 0.4) is 0 Å². The van der Waals surface area contributed by atoms with Gasteiger partial charge in [-0.3, -0.25) is 0 Å². The summed E-state index contributed by atoms with van der Waals surface area (Å²) >= 11 is 12.4. The molecule has 1 aromatic carbocycles. The zero-order valence-electron chi connectivity index (χ0n) is 12.2. The Hall–Kier alpha value is -1.45. The normalized spacial score (nSPS) is 10.5. The van der Waals surface area contributed by atoms with Crippen LogP contribution in [0.4, 0.5) is 17.3 Å². The molecule has 2 rings (SSSR count). The Morgan fingerprint density at radius 3 is 2.48 bits per heavy atom. The molecular weight excluding hydrogens is 305 g/mol. The highest BCUT2D eigenvalue weighted by Gasteiger charge is 2.10. The molecule has 0 aliphatic rings. The number of aryl methyl sites for hydroxylation is 1. The van der Waals surface area contributed by atoms with Gasteiger partial charge in [0.15, 0.2) is 5.82 Å². The predicted octanol–water partition coefficient (Wildman–Crippen LogP) is 5.52. The molecule has 2 N–H and O–H groups in total. The second-order valence-corrected chi connectivity index (χ2v) is 5.53. The molecule has 0 aliphatic heterocycles. The highest BCUT2D eigenvalue weighted by Crippen LogP contribution is 2.31. The fraction of sp³-hybridized carbons (Fsp3) is 0.312. The largest absolute Gasteiger partial charge is 0.369 e. The lowest BCUT2D eigenvalue weighted by molar-refractivity contribution is 0.970. The number of nitrogens with one attached hydrogen (secondary N) is 2. The van der Waals surface area contributed by atoms with E-state index in [0.29, 0.717) is 21.7 Å². The number of anilines is 3. The topological polar surface area (TPSA) is 37.0 Å². The summed E-state index contributed by atoms with van der Waals surface area (Å²) in [6.07, 6.45) is 1.94. The SMILES string of the molecule is CCCNc1nc(Nc2ccccc2CC)c(Cl)cc1Cl. The molecule has 5 heteroatoms. The maximum absolute atomic E-state index is 6.24. The molecule has 112 valence electrons. The maximum Gasteiger partial charge on any atom is 0.151 e. The lowest BCUT2D eigenvalue weighted by Crippen LogP contribution is -2.05. The summed E-state index contributed by atoms with van der Waals surface area (Å²) in [5.41, 5.74) is 2.23. The van der Waals surface area contributed by atoms with E-state index in [4.69, 9.17) is 23.2 Å². The average Bonchev–Trinajstić information content (AvgIpc) is 2.49. The molecule has 0 amide bonds. The van der Waals surface area contributed by atoms with Crippen molar-refractivity contribution in [1.29, 1.82) is 0 Å². The number of hydrogen-bond acceptors (Lipinski definition) is 3. The van der Waals surface area contributed by atoms with E-state index in [1.54, 1.807) is 6.07 Å². The van der Waals surface area contributed by atoms with Crippen molar-refractivity contribution in [3.63, 3.8) is 0 Å². The van der Waals surface area contributed by atoms with E-state index in [2.05, 4.69) is 35.5 Å². The van der Waals surface area contributed by atoms with Crippen molar-refractivity contribution >= 4 is 40.5 Å². The second kappa shape index (κ2) is 7.53. The second-order valence-electron chi connectivity index (χ2n) is 4.71. The number of pyridine rings is 1. The van der Waals surface area contributed by atoms with Crippen molar-refractivity contribution in [1.82, 2.24) is 4.98 Å². The molecule has 0 aliphatic carbocycles. The molecule has 0 saturated carbocycles. The number of benzene rings is 1. The summed E-state index contributed by atoms with van der Waals surface area (Å²) in [7, 11) is 0. The fourth-order valence-electron chi connectivity index (χ4n) is 2.00. The first kappa shape index (κ1) is 15.9. The molecule has 0 atom stereocenters. The Bertz CT molecular complexity index is 614. The Morgan fingerprint density at radius 2 is 1.76 bits per heavy atom. The third-order valence-electron chi connectivity index (χ3n) is 3.12. The molecule has 0 spiro atoms. The van der Waals surface area contributed by atoms with Crippen LogP contribution in [-0.2, 0) is 6.42 Å². The standard InChI is InChI=1S/C16H19Cl2N3/c1-3-9-19-15-12(17)10-13(18)16(21-15)20-14-8-6-5-7-11(14)4-2/h5-8,10H,3-4,9H2,1-2H3,(H2,19,20,21). The van der Waals surface area contributed by atoms with Gasteiger partial charge in [-0.25, -0.2) is 4.98 Å². The van der Waals surface area contributed by atoms with Crippen LogP contribution >= 0.6 is 23.2 Å². The molecule has 2 aromatic rings. The van der Waals surface area contributed by atoms with Gasteiger partial charge in [0.25, 0.3) is 0 Å². The van der Waals surface area contributed by atoms with Gasteiger partial charge in [-0.2, -0.15) is 0 Å². The molecule has 0 unspecified atom stereocenters. The van der Waals surface area contributed by atoms with Gasteiger partial charge in [0.05, 0.1) is 10.0 Å². The number of rotatable bonds is 6. The van der Waals surface area contributed by atoms with Gasteiger partial charge in [-0.05, 0) is 30.5 Å². The Labute approximate surface area is 135 Å². The van der Waals surface area contributed by atoms with Crippen LogP contribution in [-0.4, -0.2) is 11.5 Å². The Kier molecular flexibility index (Phi) is 5.71. The minimum absolute atomic E-state index is 0.507. The van der Waals surface area contributed by atoms with Crippen molar-refractivity contribution < 1.29 is 0 Å². The molecule has 3 nitrogen and oxygen atoms in total. The smallest absolute Gasteiger partial charge is 0.151 e. The molecule has 21 heavy (non-hydrogen) atoms. The average molecular weight is 324 g/mol. The summed E-state index contributed by atoms with van der Waals surface area (Å²) in [6, 6.07) is 9.83. The van der Waals surface area contributed by atoms with Crippen molar-refractivity contribution in [3.05, 3.63) is 45.9 Å². The van der Waals surface area contributed by atoms with Crippen molar-refractivity contribution in [2.24, 2.45) is 0 Å². The molecule has 0 radical (unpaired) electrons. The first-order valence-corrected chi connectivity index (χ1v) is 7.86. The minimum atomic E-state index is 0.507. The van der Waals surface area contributed by atoms with Gasteiger partial charge in [-0.1, -0.05) is 55.2 Å². The van der Waals surface area contributed by atoms with E-state index in [1.807, 2.05) is 18.2 Å². The van der Waals surface area contributed by atoms with E-state index >= 15 is 0 Å². The van der Waals surface area contributed by atoms with Crippen LogP contribution in [0.25, 0.3) is 0 Å². The quantitative estimate of drug-likeness (QED) is 0.735. The van der Waals surface area contributed by atoms with Gasteiger partial charge >= 0.3 is 0 Å². The third-order valence-corrected chi connectivity index (χ3v) is 3.70. The van der Waals surface area contributed by atoms with Crippen LogP contribution in [0, 0.1) is 0 Å². The van der Waals surface area contributed by atoms with Crippen LogP contribution in [0.5, 0.6) is 0 Å². The number of para-hydroxylation sites is 1. The van der Waals surface area contributed by atoms with Crippen molar-refractivity contribution in [2.75, 3.05) is 17.2 Å². The first-order chi connectivity index (χ1) is 10.2. The maximum atomic E-state index is 6.24. The van der Waals surface area contributed by atoms with Crippen LogP contribution in [0.15, 0.2) is 30.3 Å². The lowest BCUT2D eigenvalue weighted by atomic mass is 10.1. The zero-order chi connectivity index (χ0) is 15.2. The predicted molar refractivity (Wildman–Crippen MR) is 92.1 cm³/mol. The number of hydrogen-bond donors (Lipinski definition) is 2.